The number of pyridine rings is 1. The van der Waals surface area contributed by atoms with Gasteiger partial charge >= 0.3 is 0 Å². The molecule has 4 aromatic rings. The molecule has 0 unspecified atom stereocenters. The smallest absolute Gasteiger partial charge is 0.197 e. The quantitative estimate of drug-likeness (QED) is 0.553. The number of H-pyrrole nitrogens is 1. The molecule has 0 saturated carbocycles. The summed E-state index contributed by atoms with van der Waals surface area (Å²) in [4.78, 5) is 7.81. The molecule has 3 heterocycles. The molecule has 4 rings (SSSR count). The number of nitrogens with zero attached hydrogens (tertiary/aromatic N) is 3. The third-order valence-corrected chi connectivity index (χ3v) is 4.72. The Balaban J connectivity index is 2.04. The molecule has 0 spiro atoms. The van der Waals surface area contributed by atoms with E-state index in [1.165, 1.54) is 17.3 Å². The highest BCUT2D eigenvalue weighted by molar-refractivity contribution is 9.10. The van der Waals surface area contributed by atoms with Gasteiger partial charge in [-0.3, -0.25) is 0 Å². The number of nitrogens with one attached hydrogen (secondary N) is 1. The van der Waals surface area contributed by atoms with Gasteiger partial charge in [-0.05, 0) is 35.7 Å². The van der Waals surface area contributed by atoms with Gasteiger partial charge in [0.15, 0.2) is 11.4 Å². The van der Waals surface area contributed by atoms with Crippen LogP contribution in [0, 0.1) is 0 Å². The SMILES string of the molecule is COc1cc(-c2[nH]c3ccc(Br)cc3c2C(C)C)cn2ncnc12. The lowest BCUT2D eigenvalue weighted by Gasteiger charge is -2.10. The van der Waals surface area contributed by atoms with Crippen molar-refractivity contribution in [2.45, 2.75) is 19.8 Å². The lowest BCUT2D eigenvalue weighted by molar-refractivity contribution is 0.416. The molecule has 0 radical (unpaired) electrons. The highest BCUT2D eigenvalue weighted by Crippen LogP contribution is 2.38. The van der Waals surface area contributed by atoms with Crippen LogP contribution in [0.5, 0.6) is 5.75 Å². The molecule has 0 bridgehead atoms. The molecular weight excluding hydrogens is 368 g/mol. The fourth-order valence-electron chi connectivity index (χ4n) is 3.20. The molecule has 0 saturated heterocycles. The van der Waals surface area contributed by atoms with E-state index in [0.29, 0.717) is 17.3 Å². The van der Waals surface area contributed by atoms with Crippen LogP contribution in [0.3, 0.4) is 0 Å². The molecule has 0 aliphatic rings. The minimum atomic E-state index is 0.375. The number of methoxy groups -OCH3 is 1. The van der Waals surface area contributed by atoms with Gasteiger partial charge in [-0.2, -0.15) is 5.10 Å². The van der Waals surface area contributed by atoms with Crippen LogP contribution in [0.2, 0.25) is 0 Å². The van der Waals surface area contributed by atoms with Crippen molar-refractivity contribution in [2.24, 2.45) is 0 Å². The normalized spacial score (nSPS) is 11.7. The van der Waals surface area contributed by atoms with E-state index >= 15 is 0 Å². The van der Waals surface area contributed by atoms with Crippen molar-refractivity contribution in [2.75, 3.05) is 7.11 Å². The first-order chi connectivity index (χ1) is 11.6. The summed E-state index contributed by atoms with van der Waals surface area (Å²) in [5.74, 6) is 1.08. The number of rotatable bonds is 3. The summed E-state index contributed by atoms with van der Waals surface area (Å²) >= 11 is 3.58. The molecule has 0 atom stereocenters. The summed E-state index contributed by atoms with van der Waals surface area (Å²) in [5.41, 5.74) is 5.24. The Morgan fingerprint density at radius 2 is 2.08 bits per heavy atom. The van der Waals surface area contributed by atoms with Crippen molar-refractivity contribution < 1.29 is 4.74 Å². The van der Waals surface area contributed by atoms with E-state index in [1.807, 2.05) is 18.3 Å². The first-order valence-corrected chi connectivity index (χ1v) is 8.56. The summed E-state index contributed by atoms with van der Waals surface area (Å²) < 4.78 is 8.32. The molecule has 0 amide bonds. The van der Waals surface area contributed by atoms with Crippen LogP contribution < -0.4 is 4.74 Å². The molecule has 0 aliphatic heterocycles. The van der Waals surface area contributed by atoms with Crippen LogP contribution in [-0.4, -0.2) is 26.7 Å². The van der Waals surface area contributed by atoms with Crippen molar-refractivity contribution in [1.29, 1.82) is 0 Å². The minimum Gasteiger partial charge on any atom is -0.493 e. The van der Waals surface area contributed by atoms with E-state index in [1.54, 1.807) is 11.6 Å². The summed E-state index contributed by atoms with van der Waals surface area (Å²) in [6.07, 6.45) is 3.52. The van der Waals surface area contributed by atoms with Crippen molar-refractivity contribution in [3.05, 3.63) is 46.8 Å². The molecule has 1 N–H and O–H groups in total. The van der Waals surface area contributed by atoms with Gasteiger partial charge in [-0.25, -0.2) is 9.50 Å². The van der Waals surface area contributed by atoms with Gasteiger partial charge in [0.1, 0.15) is 6.33 Å². The number of benzene rings is 1. The predicted molar refractivity (Wildman–Crippen MR) is 98.6 cm³/mol. The summed E-state index contributed by atoms with van der Waals surface area (Å²) in [5, 5.41) is 5.49. The number of aromatic amines is 1. The number of aromatic nitrogens is 4. The van der Waals surface area contributed by atoms with Gasteiger partial charge < -0.3 is 9.72 Å². The van der Waals surface area contributed by atoms with E-state index < -0.39 is 0 Å². The lowest BCUT2D eigenvalue weighted by atomic mass is 9.97. The number of halogens is 1. The summed E-state index contributed by atoms with van der Waals surface area (Å²) in [6.45, 7) is 4.41. The Kier molecular flexibility index (Phi) is 3.57. The Hall–Kier alpha value is -2.34. The van der Waals surface area contributed by atoms with E-state index in [2.05, 4.69) is 57.0 Å². The molecule has 6 heteroatoms. The van der Waals surface area contributed by atoms with Crippen LogP contribution in [0.15, 0.2) is 41.3 Å². The van der Waals surface area contributed by atoms with Gasteiger partial charge in [0.2, 0.25) is 0 Å². The fraction of sp³-hybridized carbons (Fsp3) is 0.222. The second-order valence-electron chi connectivity index (χ2n) is 6.08. The molecule has 0 fully saturated rings. The van der Waals surface area contributed by atoms with Crippen LogP contribution >= 0.6 is 15.9 Å². The van der Waals surface area contributed by atoms with E-state index in [4.69, 9.17) is 4.74 Å². The molecule has 1 aromatic carbocycles. The van der Waals surface area contributed by atoms with E-state index in [-0.39, 0.29) is 0 Å². The van der Waals surface area contributed by atoms with Gasteiger partial charge in [-0.1, -0.05) is 29.8 Å². The van der Waals surface area contributed by atoms with E-state index in [9.17, 15) is 0 Å². The van der Waals surface area contributed by atoms with Crippen molar-refractivity contribution >= 4 is 32.5 Å². The molecular formula is C18H17BrN4O. The maximum atomic E-state index is 5.50. The lowest BCUT2D eigenvalue weighted by Crippen LogP contribution is -1.96. The molecule has 3 aromatic heterocycles. The maximum Gasteiger partial charge on any atom is 0.197 e. The zero-order valence-electron chi connectivity index (χ0n) is 13.7. The first-order valence-electron chi connectivity index (χ1n) is 7.77. The van der Waals surface area contributed by atoms with Gasteiger partial charge in [-0.15, -0.1) is 0 Å². The van der Waals surface area contributed by atoms with Crippen LogP contribution in [0.25, 0.3) is 27.8 Å². The van der Waals surface area contributed by atoms with Crippen LogP contribution in [0.4, 0.5) is 0 Å². The summed E-state index contributed by atoms with van der Waals surface area (Å²) in [6, 6.07) is 8.32. The van der Waals surface area contributed by atoms with Crippen LogP contribution in [0.1, 0.15) is 25.3 Å². The maximum absolute atomic E-state index is 5.50. The van der Waals surface area contributed by atoms with Gasteiger partial charge in [0, 0.05) is 27.1 Å². The number of ether oxygens (including phenoxy) is 1. The second kappa shape index (κ2) is 5.63. The molecule has 0 aliphatic carbocycles. The topological polar surface area (TPSA) is 55.2 Å². The predicted octanol–water partition coefficient (Wildman–Crippen LogP) is 4.77. The Labute approximate surface area is 147 Å². The Morgan fingerprint density at radius 1 is 1.25 bits per heavy atom. The third-order valence-electron chi connectivity index (χ3n) is 4.23. The fourth-order valence-corrected chi connectivity index (χ4v) is 3.56. The Bertz CT molecular complexity index is 1050. The second-order valence-corrected chi connectivity index (χ2v) is 7.00. The average Bonchev–Trinajstić information content (AvgIpc) is 3.17. The highest BCUT2D eigenvalue weighted by Gasteiger charge is 2.18. The molecule has 24 heavy (non-hydrogen) atoms. The molecule has 5 nitrogen and oxygen atoms in total. The van der Waals surface area contributed by atoms with Crippen molar-refractivity contribution in [3.63, 3.8) is 0 Å². The summed E-state index contributed by atoms with van der Waals surface area (Å²) in [7, 11) is 1.65. The van der Waals surface area contributed by atoms with E-state index in [0.717, 1.165) is 21.2 Å². The van der Waals surface area contributed by atoms with Gasteiger partial charge in [0.25, 0.3) is 0 Å². The van der Waals surface area contributed by atoms with Crippen LogP contribution in [-0.2, 0) is 0 Å². The minimum absolute atomic E-state index is 0.375. The number of hydrogen-bond acceptors (Lipinski definition) is 3. The third kappa shape index (κ3) is 2.29. The van der Waals surface area contributed by atoms with Crippen molar-refractivity contribution in [3.8, 4) is 17.0 Å². The largest absolute Gasteiger partial charge is 0.493 e. The average molecular weight is 385 g/mol. The zero-order chi connectivity index (χ0) is 16.8. The van der Waals surface area contributed by atoms with Gasteiger partial charge in [0.05, 0.1) is 12.8 Å². The zero-order valence-corrected chi connectivity index (χ0v) is 15.3. The molecule has 122 valence electrons. The number of hydrogen-bond donors (Lipinski definition) is 1. The highest BCUT2D eigenvalue weighted by atomic mass is 79.9. The number of fused-ring (bicyclic) bond motifs is 2. The standard InChI is InChI=1S/C18H17BrN4O/c1-10(2)16-13-7-12(19)4-5-14(13)22-17(16)11-6-15(24-3)18-20-9-21-23(18)8-11/h4-10,22H,1-3H3. The first kappa shape index (κ1) is 15.2. The monoisotopic (exact) mass is 384 g/mol. The Morgan fingerprint density at radius 3 is 2.83 bits per heavy atom. The van der Waals surface area contributed by atoms with Crippen molar-refractivity contribution in [1.82, 2.24) is 19.6 Å².